The van der Waals surface area contributed by atoms with Crippen LogP contribution in [0.15, 0.2) is 36.4 Å². The van der Waals surface area contributed by atoms with E-state index in [-0.39, 0.29) is 10.6 Å². The minimum absolute atomic E-state index is 0.156. The average Bonchev–Trinajstić information content (AvgIpc) is 2.67. The van der Waals surface area contributed by atoms with Crippen LogP contribution in [-0.4, -0.2) is 32.2 Å². The maximum atomic E-state index is 12.4. The van der Waals surface area contributed by atoms with Crippen LogP contribution >= 0.6 is 11.6 Å². The fraction of sp³-hybridized carbons (Fsp3) is 0.333. The Morgan fingerprint density at radius 3 is 2.18 bits per heavy atom. The van der Waals surface area contributed by atoms with Crippen LogP contribution < -0.4 is 14.8 Å². The number of carbonyl (C=O) groups is 2. The third-order valence-corrected chi connectivity index (χ3v) is 4.45. The van der Waals surface area contributed by atoms with Crippen LogP contribution in [-0.2, 0) is 9.53 Å². The Morgan fingerprint density at radius 2 is 1.64 bits per heavy atom. The van der Waals surface area contributed by atoms with Crippen molar-refractivity contribution in [3.63, 3.8) is 0 Å². The summed E-state index contributed by atoms with van der Waals surface area (Å²) in [6.45, 7) is 5.68. The van der Waals surface area contributed by atoms with Gasteiger partial charge in [-0.3, -0.25) is 4.79 Å². The molecule has 0 radical (unpaired) electrons. The number of benzene rings is 2. The Bertz CT molecular complexity index is 849. The van der Waals surface area contributed by atoms with Crippen molar-refractivity contribution in [1.82, 2.24) is 0 Å². The molecule has 28 heavy (non-hydrogen) atoms. The monoisotopic (exact) mass is 405 g/mol. The van der Waals surface area contributed by atoms with E-state index >= 15 is 0 Å². The van der Waals surface area contributed by atoms with E-state index in [1.807, 2.05) is 24.3 Å². The number of esters is 1. The number of hydrogen-bond acceptors (Lipinski definition) is 5. The van der Waals surface area contributed by atoms with Gasteiger partial charge in [-0.2, -0.15) is 0 Å². The van der Waals surface area contributed by atoms with Crippen molar-refractivity contribution < 1.29 is 23.8 Å². The lowest BCUT2D eigenvalue weighted by Gasteiger charge is -2.15. The molecule has 0 saturated carbocycles. The van der Waals surface area contributed by atoms with Crippen LogP contribution in [0.25, 0.3) is 0 Å². The van der Waals surface area contributed by atoms with Crippen LogP contribution in [0, 0.1) is 0 Å². The van der Waals surface area contributed by atoms with Crippen LogP contribution in [0.3, 0.4) is 0 Å². The van der Waals surface area contributed by atoms with E-state index in [0.717, 1.165) is 0 Å². The van der Waals surface area contributed by atoms with Gasteiger partial charge >= 0.3 is 5.97 Å². The Labute approximate surface area is 169 Å². The number of anilines is 1. The van der Waals surface area contributed by atoms with E-state index in [1.165, 1.54) is 38.8 Å². The first-order valence-corrected chi connectivity index (χ1v) is 9.18. The number of halogens is 1. The summed E-state index contributed by atoms with van der Waals surface area (Å²) < 4.78 is 15.6. The topological polar surface area (TPSA) is 73.9 Å². The van der Waals surface area contributed by atoms with Crippen molar-refractivity contribution in [3.05, 3.63) is 52.5 Å². The quantitative estimate of drug-likeness (QED) is 0.678. The highest BCUT2D eigenvalue weighted by Crippen LogP contribution is 2.36. The summed E-state index contributed by atoms with van der Waals surface area (Å²) in [7, 11) is 2.88. The number of amides is 1. The van der Waals surface area contributed by atoms with Gasteiger partial charge in [-0.15, -0.1) is 0 Å². The van der Waals surface area contributed by atoms with E-state index in [1.54, 1.807) is 0 Å². The molecule has 1 N–H and O–H groups in total. The third-order valence-electron chi connectivity index (χ3n) is 4.17. The molecule has 0 aliphatic heterocycles. The lowest BCUT2D eigenvalue weighted by molar-refractivity contribution is -0.123. The molecule has 0 saturated heterocycles. The predicted molar refractivity (Wildman–Crippen MR) is 109 cm³/mol. The molecule has 2 aromatic rings. The highest BCUT2D eigenvalue weighted by atomic mass is 35.5. The molecule has 0 unspecified atom stereocenters. The summed E-state index contributed by atoms with van der Waals surface area (Å²) >= 11 is 6.11. The van der Waals surface area contributed by atoms with Crippen molar-refractivity contribution in [2.75, 3.05) is 19.5 Å². The van der Waals surface area contributed by atoms with Crippen LogP contribution in [0.2, 0.25) is 5.02 Å². The lowest BCUT2D eigenvalue weighted by Crippen LogP contribution is -2.30. The van der Waals surface area contributed by atoms with Crippen LogP contribution in [0.1, 0.15) is 42.6 Å². The van der Waals surface area contributed by atoms with Crippen molar-refractivity contribution in [2.24, 2.45) is 0 Å². The Kier molecular flexibility index (Phi) is 7.29. The van der Waals surface area contributed by atoms with Gasteiger partial charge in [0.1, 0.15) is 0 Å². The Morgan fingerprint density at radius 1 is 1.00 bits per heavy atom. The molecule has 150 valence electrons. The molecule has 0 aliphatic rings. The largest absolute Gasteiger partial charge is 0.493 e. The van der Waals surface area contributed by atoms with Crippen molar-refractivity contribution >= 4 is 29.2 Å². The average molecular weight is 406 g/mol. The number of carbonyl (C=O) groups excluding carboxylic acids is 2. The molecule has 0 bridgehead atoms. The maximum Gasteiger partial charge on any atom is 0.339 e. The summed E-state index contributed by atoms with van der Waals surface area (Å²) in [4.78, 5) is 24.7. The molecule has 0 aliphatic carbocycles. The van der Waals surface area contributed by atoms with E-state index in [2.05, 4.69) is 19.2 Å². The normalized spacial score (nSPS) is 11.7. The minimum Gasteiger partial charge on any atom is -0.493 e. The highest BCUT2D eigenvalue weighted by molar-refractivity contribution is 6.32. The first kappa shape index (κ1) is 21.6. The van der Waals surface area contributed by atoms with Gasteiger partial charge in [-0.1, -0.05) is 37.6 Å². The second-order valence-electron chi connectivity index (χ2n) is 6.51. The molecule has 2 rings (SSSR count). The van der Waals surface area contributed by atoms with Gasteiger partial charge in [0.15, 0.2) is 17.6 Å². The molecule has 0 spiro atoms. The zero-order valence-electron chi connectivity index (χ0n) is 16.5. The zero-order valence-corrected chi connectivity index (χ0v) is 17.3. The van der Waals surface area contributed by atoms with Gasteiger partial charge in [0.05, 0.1) is 24.8 Å². The molecule has 2 aromatic carbocycles. The summed E-state index contributed by atoms with van der Waals surface area (Å²) in [5.74, 6) is -0.114. The van der Waals surface area contributed by atoms with E-state index in [0.29, 0.717) is 23.1 Å². The third kappa shape index (κ3) is 5.16. The van der Waals surface area contributed by atoms with Crippen molar-refractivity contribution in [3.8, 4) is 11.5 Å². The van der Waals surface area contributed by atoms with Gasteiger partial charge < -0.3 is 19.5 Å². The zero-order chi connectivity index (χ0) is 20.8. The Hall–Kier alpha value is -2.73. The molecule has 0 fully saturated rings. The molecular weight excluding hydrogens is 382 g/mol. The summed E-state index contributed by atoms with van der Waals surface area (Å²) in [5.41, 5.74) is 1.96. The molecule has 1 amide bonds. The van der Waals surface area contributed by atoms with Crippen LogP contribution in [0.5, 0.6) is 11.5 Å². The van der Waals surface area contributed by atoms with Crippen molar-refractivity contribution in [1.29, 1.82) is 0 Å². The number of methoxy groups -OCH3 is 2. The molecular formula is C21H24ClNO5. The maximum absolute atomic E-state index is 12.4. The molecule has 0 heterocycles. The van der Waals surface area contributed by atoms with Gasteiger partial charge in [0, 0.05) is 5.69 Å². The van der Waals surface area contributed by atoms with E-state index in [4.69, 9.17) is 25.8 Å². The molecule has 1 atom stereocenters. The fourth-order valence-electron chi connectivity index (χ4n) is 2.51. The number of hydrogen-bond donors (Lipinski definition) is 1. The molecule has 6 nitrogen and oxygen atoms in total. The number of rotatable bonds is 7. The first-order chi connectivity index (χ1) is 13.3. The second kappa shape index (κ2) is 9.46. The molecule has 7 heteroatoms. The summed E-state index contributed by atoms with van der Waals surface area (Å²) in [6.07, 6.45) is -0.996. The van der Waals surface area contributed by atoms with Crippen LogP contribution in [0.4, 0.5) is 5.69 Å². The van der Waals surface area contributed by atoms with Crippen molar-refractivity contribution in [2.45, 2.75) is 32.8 Å². The van der Waals surface area contributed by atoms with Gasteiger partial charge in [0.25, 0.3) is 5.91 Å². The minimum atomic E-state index is -0.996. The summed E-state index contributed by atoms with van der Waals surface area (Å²) in [6, 6.07) is 10.4. The fourth-order valence-corrected chi connectivity index (χ4v) is 2.80. The lowest BCUT2D eigenvalue weighted by atomic mass is 10.0. The SMILES string of the molecule is COc1cc(C(=O)O[C@H](C)C(=O)Nc2ccc(C(C)C)cc2)cc(Cl)c1OC. The van der Waals surface area contributed by atoms with E-state index < -0.39 is 18.0 Å². The highest BCUT2D eigenvalue weighted by Gasteiger charge is 2.21. The first-order valence-electron chi connectivity index (χ1n) is 8.80. The standard InChI is InChI=1S/C21H24ClNO5/c1-12(2)14-6-8-16(9-7-14)23-20(24)13(3)28-21(25)15-10-17(22)19(27-5)18(11-15)26-4/h6-13H,1-5H3,(H,23,24)/t13-/m1/s1. The van der Waals surface area contributed by atoms with Gasteiger partial charge in [0.2, 0.25) is 0 Å². The van der Waals surface area contributed by atoms with Gasteiger partial charge in [-0.05, 0) is 42.7 Å². The van der Waals surface area contributed by atoms with Gasteiger partial charge in [-0.25, -0.2) is 4.79 Å². The number of nitrogens with one attached hydrogen (secondary N) is 1. The number of ether oxygens (including phenoxy) is 3. The van der Waals surface area contributed by atoms with E-state index in [9.17, 15) is 9.59 Å². The summed E-state index contributed by atoms with van der Waals surface area (Å²) in [5, 5.41) is 2.93. The Balaban J connectivity index is 2.05. The smallest absolute Gasteiger partial charge is 0.339 e. The second-order valence-corrected chi connectivity index (χ2v) is 6.91. The predicted octanol–water partition coefficient (Wildman–Crippen LogP) is 4.66. The molecule has 0 aromatic heterocycles.